The van der Waals surface area contributed by atoms with Gasteiger partial charge in [-0.25, -0.2) is 4.39 Å². The van der Waals surface area contributed by atoms with Crippen molar-refractivity contribution in [1.82, 2.24) is 0 Å². The molecule has 0 fully saturated rings. The van der Waals surface area contributed by atoms with Crippen LogP contribution >= 0.6 is 0 Å². The molecule has 2 N–H and O–H groups in total. The highest BCUT2D eigenvalue weighted by atomic mass is 19.1. The van der Waals surface area contributed by atoms with Crippen LogP contribution in [-0.4, -0.2) is 32.7 Å². The van der Waals surface area contributed by atoms with E-state index in [4.69, 9.17) is 9.47 Å². The van der Waals surface area contributed by atoms with Gasteiger partial charge < -0.3 is 19.7 Å². The standard InChI is InChI=1S/C19H21FN2O3/c1-22(12-14-3-5-15(20)6-4-14)13-19(23)21-16-7-8-17-18(11-16)25-10-2-9-24-17/h3-8,11H,2,9-10,12-13H2,1H3,(H,21,23)/p+1. The van der Waals surface area contributed by atoms with Crippen LogP contribution in [0.25, 0.3) is 0 Å². The van der Waals surface area contributed by atoms with Crippen molar-refractivity contribution in [2.24, 2.45) is 0 Å². The highest BCUT2D eigenvalue weighted by molar-refractivity contribution is 5.91. The van der Waals surface area contributed by atoms with E-state index in [0.717, 1.165) is 16.9 Å². The average Bonchev–Trinajstić information content (AvgIpc) is 2.81. The number of quaternary nitrogens is 1. The third-order valence-corrected chi connectivity index (χ3v) is 3.91. The largest absolute Gasteiger partial charge is 0.490 e. The molecule has 0 radical (unpaired) electrons. The molecule has 1 unspecified atom stereocenters. The van der Waals surface area contributed by atoms with E-state index in [1.54, 1.807) is 24.3 Å². The second kappa shape index (κ2) is 7.98. The molecule has 0 saturated heterocycles. The third kappa shape index (κ3) is 4.93. The van der Waals surface area contributed by atoms with E-state index in [2.05, 4.69) is 5.32 Å². The Bertz CT molecular complexity index is 734. The maximum atomic E-state index is 12.9. The van der Waals surface area contributed by atoms with Crippen LogP contribution in [0.2, 0.25) is 0 Å². The van der Waals surface area contributed by atoms with Gasteiger partial charge in [-0.2, -0.15) is 0 Å². The van der Waals surface area contributed by atoms with Gasteiger partial charge in [0.1, 0.15) is 12.4 Å². The number of carbonyl (C=O) groups is 1. The zero-order valence-corrected chi connectivity index (χ0v) is 14.2. The quantitative estimate of drug-likeness (QED) is 0.866. The minimum atomic E-state index is -0.256. The Morgan fingerprint density at radius 3 is 2.60 bits per heavy atom. The second-order valence-corrected chi connectivity index (χ2v) is 6.20. The van der Waals surface area contributed by atoms with Crippen molar-refractivity contribution in [3.8, 4) is 11.5 Å². The molecule has 1 aliphatic rings. The number of fused-ring (bicyclic) bond motifs is 1. The van der Waals surface area contributed by atoms with E-state index in [1.165, 1.54) is 12.1 Å². The molecule has 2 aromatic rings. The lowest BCUT2D eigenvalue weighted by atomic mass is 10.2. The van der Waals surface area contributed by atoms with Crippen molar-refractivity contribution in [2.75, 3.05) is 32.1 Å². The molecule has 1 atom stereocenters. The summed E-state index contributed by atoms with van der Waals surface area (Å²) >= 11 is 0. The lowest BCUT2D eigenvalue weighted by Gasteiger charge is -2.14. The van der Waals surface area contributed by atoms with E-state index >= 15 is 0 Å². The number of ether oxygens (including phenoxy) is 2. The van der Waals surface area contributed by atoms with Crippen LogP contribution < -0.4 is 19.7 Å². The van der Waals surface area contributed by atoms with Crippen molar-refractivity contribution < 1.29 is 23.6 Å². The lowest BCUT2D eigenvalue weighted by Crippen LogP contribution is -3.08. The predicted octanol–water partition coefficient (Wildman–Crippen LogP) is 1.64. The number of hydrogen-bond acceptors (Lipinski definition) is 3. The number of carbonyl (C=O) groups excluding carboxylic acids is 1. The Labute approximate surface area is 146 Å². The minimum absolute atomic E-state index is 0.0888. The molecular formula is C19H22FN2O3+. The first-order chi connectivity index (χ1) is 12.1. The fraction of sp³-hybridized carbons (Fsp3) is 0.316. The SMILES string of the molecule is C[NH+](CC(=O)Nc1ccc2c(c1)OCCCO2)Cc1ccc(F)cc1. The first-order valence-electron chi connectivity index (χ1n) is 8.35. The van der Waals surface area contributed by atoms with E-state index in [9.17, 15) is 9.18 Å². The van der Waals surface area contributed by atoms with Gasteiger partial charge >= 0.3 is 0 Å². The smallest absolute Gasteiger partial charge is 0.279 e. The Kier molecular flexibility index (Phi) is 5.50. The van der Waals surface area contributed by atoms with Gasteiger partial charge in [-0.15, -0.1) is 0 Å². The highest BCUT2D eigenvalue weighted by Gasteiger charge is 2.14. The van der Waals surface area contributed by atoms with Gasteiger partial charge in [0.05, 0.1) is 20.3 Å². The molecule has 0 spiro atoms. The third-order valence-electron chi connectivity index (χ3n) is 3.91. The van der Waals surface area contributed by atoms with Crippen LogP contribution in [0.1, 0.15) is 12.0 Å². The minimum Gasteiger partial charge on any atom is -0.490 e. The maximum absolute atomic E-state index is 12.9. The number of rotatable bonds is 5. The molecule has 1 aliphatic heterocycles. The van der Waals surface area contributed by atoms with E-state index in [0.29, 0.717) is 43.5 Å². The van der Waals surface area contributed by atoms with Crippen LogP contribution in [0, 0.1) is 5.82 Å². The van der Waals surface area contributed by atoms with Crippen LogP contribution in [0.4, 0.5) is 10.1 Å². The number of benzene rings is 2. The molecule has 5 nitrogen and oxygen atoms in total. The van der Waals surface area contributed by atoms with Gasteiger partial charge in [-0.3, -0.25) is 4.79 Å². The van der Waals surface area contributed by atoms with E-state index in [1.807, 2.05) is 13.1 Å². The van der Waals surface area contributed by atoms with Gasteiger partial charge in [0.2, 0.25) is 0 Å². The van der Waals surface area contributed by atoms with Gasteiger partial charge in [0.25, 0.3) is 5.91 Å². The van der Waals surface area contributed by atoms with Crippen molar-refractivity contribution in [2.45, 2.75) is 13.0 Å². The zero-order chi connectivity index (χ0) is 17.6. The molecule has 0 aromatic heterocycles. The summed E-state index contributed by atoms with van der Waals surface area (Å²) in [6.07, 6.45) is 0.841. The Morgan fingerprint density at radius 1 is 1.12 bits per heavy atom. The van der Waals surface area contributed by atoms with Crippen LogP contribution in [-0.2, 0) is 11.3 Å². The van der Waals surface area contributed by atoms with Gasteiger partial charge in [0, 0.05) is 23.7 Å². The van der Waals surface area contributed by atoms with Crippen molar-refractivity contribution in [3.05, 3.63) is 53.8 Å². The van der Waals surface area contributed by atoms with Gasteiger partial charge in [0.15, 0.2) is 18.0 Å². The molecule has 0 saturated carbocycles. The average molecular weight is 345 g/mol. The van der Waals surface area contributed by atoms with Crippen molar-refractivity contribution in [1.29, 1.82) is 0 Å². The maximum Gasteiger partial charge on any atom is 0.279 e. The van der Waals surface area contributed by atoms with Crippen LogP contribution in [0.15, 0.2) is 42.5 Å². The summed E-state index contributed by atoms with van der Waals surface area (Å²) < 4.78 is 24.1. The second-order valence-electron chi connectivity index (χ2n) is 6.20. The molecule has 2 aromatic carbocycles. The molecule has 6 heteroatoms. The number of halogens is 1. The molecular weight excluding hydrogens is 323 g/mol. The number of amides is 1. The zero-order valence-electron chi connectivity index (χ0n) is 14.2. The highest BCUT2D eigenvalue weighted by Crippen LogP contribution is 2.32. The summed E-state index contributed by atoms with van der Waals surface area (Å²) in [5.41, 5.74) is 1.67. The van der Waals surface area contributed by atoms with Crippen molar-refractivity contribution in [3.63, 3.8) is 0 Å². The topological polar surface area (TPSA) is 52.0 Å². The summed E-state index contributed by atoms with van der Waals surface area (Å²) in [6.45, 7) is 2.20. The van der Waals surface area contributed by atoms with Crippen molar-refractivity contribution >= 4 is 11.6 Å². The van der Waals surface area contributed by atoms with E-state index < -0.39 is 0 Å². The van der Waals surface area contributed by atoms with Gasteiger partial charge in [-0.1, -0.05) is 12.1 Å². The van der Waals surface area contributed by atoms with Gasteiger partial charge in [-0.05, 0) is 24.3 Å². The first kappa shape index (κ1) is 17.2. The Balaban J connectivity index is 1.55. The number of hydrogen-bond donors (Lipinski definition) is 2. The molecule has 3 rings (SSSR count). The number of nitrogens with one attached hydrogen (secondary N) is 2. The summed E-state index contributed by atoms with van der Waals surface area (Å²) in [7, 11) is 1.93. The monoisotopic (exact) mass is 345 g/mol. The molecule has 25 heavy (non-hydrogen) atoms. The first-order valence-corrected chi connectivity index (χ1v) is 8.35. The molecule has 1 heterocycles. The summed E-state index contributed by atoms with van der Waals surface area (Å²) in [5.74, 6) is 1.01. The lowest BCUT2D eigenvalue weighted by molar-refractivity contribution is -0.885. The molecule has 0 aliphatic carbocycles. The molecule has 1 amide bonds. The summed E-state index contributed by atoms with van der Waals surface area (Å²) in [5, 5.41) is 2.88. The molecule has 0 bridgehead atoms. The Morgan fingerprint density at radius 2 is 1.84 bits per heavy atom. The van der Waals surface area contributed by atoms with Crippen LogP contribution in [0.3, 0.4) is 0 Å². The summed E-state index contributed by atoms with van der Waals surface area (Å²) in [6, 6.07) is 11.7. The number of likely N-dealkylation sites (N-methyl/N-ethyl adjacent to an activating group) is 1. The normalized spacial score (nSPS) is 14.5. The van der Waals surface area contributed by atoms with E-state index in [-0.39, 0.29) is 11.7 Å². The van der Waals surface area contributed by atoms with Crippen LogP contribution in [0.5, 0.6) is 11.5 Å². The number of anilines is 1. The molecule has 132 valence electrons. The predicted molar refractivity (Wildman–Crippen MR) is 92.5 cm³/mol. The fourth-order valence-electron chi connectivity index (χ4n) is 2.73. The summed E-state index contributed by atoms with van der Waals surface area (Å²) in [4.78, 5) is 13.3. The fourth-order valence-corrected chi connectivity index (χ4v) is 2.73. The Hall–Kier alpha value is -2.60.